The van der Waals surface area contributed by atoms with Crippen molar-refractivity contribution in [3.63, 3.8) is 0 Å². The van der Waals surface area contributed by atoms with E-state index in [1.165, 1.54) is 0 Å². The second kappa shape index (κ2) is 4.57. The summed E-state index contributed by atoms with van der Waals surface area (Å²) in [4.78, 5) is 6.62. The zero-order valence-corrected chi connectivity index (χ0v) is 9.83. The summed E-state index contributed by atoms with van der Waals surface area (Å²) in [7, 11) is 2.08. The lowest BCUT2D eigenvalue weighted by molar-refractivity contribution is -0.0211. The first-order valence-corrected chi connectivity index (χ1v) is 5.98. The standard InChI is InChI=1S/C10H16N2O2S/c1-7(13)8-6-15-10(11-8)9-5-12(2)3-4-14-9/h6-7,9,13H,3-5H2,1-2H3. The minimum Gasteiger partial charge on any atom is -0.387 e. The molecule has 0 amide bonds. The molecule has 0 spiro atoms. The summed E-state index contributed by atoms with van der Waals surface area (Å²) in [5.74, 6) is 0. The number of aliphatic hydroxyl groups excluding tert-OH is 1. The van der Waals surface area contributed by atoms with Gasteiger partial charge in [0.1, 0.15) is 11.1 Å². The highest BCUT2D eigenvalue weighted by Gasteiger charge is 2.22. The van der Waals surface area contributed by atoms with Gasteiger partial charge in [0.25, 0.3) is 0 Å². The predicted molar refractivity (Wildman–Crippen MR) is 58.9 cm³/mol. The van der Waals surface area contributed by atoms with Crippen LogP contribution in [0.4, 0.5) is 0 Å². The van der Waals surface area contributed by atoms with E-state index in [-0.39, 0.29) is 6.10 Å². The molecule has 1 N–H and O–H groups in total. The summed E-state index contributed by atoms with van der Waals surface area (Å²) in [5, 5.41) is 12.3. The molecule has 1 aromatic heterocycles. The lowest BCUT2D eigenvalue weighted by Crippen LogP contribution is -2.35. The minimum absolute atomic E-state index is 0.0706. The number of aromatic nitrogens is 1. The summed E-state index contributed by atoms with van der Waals surface area (Å²) in [6, 6.07) is 0. The SMILES string of the molecule is CC(O)c1csc(C2CN(C)CCO2)n1. The Morgan fingerprint density at radius 3 is 3.13 bits per heavy atom. The molecule has 4 nitrogen and oxygen atoms in total. The zero-order chi connectivity index (χ0) is 10.8. The van der Waals surface area contributed by atoms with Crippen molar-refractivity contribution < 1.29 is 9.84 Å². The average molecular weight is 228 g/mol. The van der Waals surface area contributed by atoms with Gasteiger partial charge in [-0.3, -0.25) is 0 Å². The topological polar surface area (TPSA) is 45.6 Å². The fourth-order valence-electron chi connectivity index (χ4n) is 1.57. The molecule has 0 saturated carbocycles. The van der Waals surface area contributed by atoms with E-state index < -0.39 is 6.10 Å². The maximum atomic E-state index is 9.38. The third kappa shape index (κ3) is 2.55. The maximum Gasteiger partial charge on any atom is 0.123 e. The molecule has 15 heavy (non-hydrogen) atoms. The molecule has 2 heterocycles. The molecule has 1 aromatic rings. The van der Waals surface area contributed by atoms with Crippen molar-refractivity contribution >= 4 is 11.3 Å². The Morgan fingerprint density at radius 1 is 1.73 bits per heavy atom. The maximum absolute atomic E-state index is 9.38. The van der Waals surface area contributed by atoms with Gasteiger partial charge in [-0.05, 0) is 14.0 Å². The molecule has 2 rings (SSSR count). The van der Waals surface area contributed by atoms with Crippen LogP contribution in [-0.2, 0) is 4.74 Å². The van der Waals surface area contributed by atoms with Crippen molar-refractivity contribution in [3.05, 3.63) is 16.1 Å². The van der Waals surface area contributed by atoms with Gasteiger partial charge in [0.15, 0.2) is 0 Å². The lowest BCUT2D eigenvalue weighted by atomic mass is 10.3. The quantitative estimate of drug-likeness (QED) is 0.826. The highest BCUT2D eigenvalue weighted by molar-refractivity contribution is 7.09. The van der Waals surface area contributed by atoms with Crippen molar-refractivity contribution in [1.29, 1.82) is 0 Å². The van der Waals surface area contributed by atoms with Crippen LogP contribution in [0.1, 0.15) is 29.8 Å². The van der Waals surface area contributed by atoms with Crippen LogP contribution in [-0.4, -0.2) is 41.7 Å². The molecule has 0 aromatic carbocycles. The monoisotopic (exact) mass is 228 g/mol. The van der Waals surface area contributed by atoms with E-state index in [4.69, 9.17) is 4.74 Å². The molecule has 0 bridgehead atoms. The Bertz CT molecular complexity index is 327. The second-order valence-electron chi connectivity index (χ2n) is 3.91. The van der Waals surface area contributed by atoms with E-state index in [1.54, 1.807) is 18.3 Å². The van der Waals surface area contributed by atoms with E-state index in [0.717, 1.165) is 30.4 Å². The first kappa shape index (κ1) is 11.0. The molecule has 1 saturated heterocycles. The van der Waals surface area contributed by atoms with Gasteiger partial charge < -0.3 is 14.7 Å². The number of thiazole rings is 1. The van der Waals surface area contributed by atoms with Crippen LogP contribution >= 0.6 is 11.3 Å². The molecule has 2 unspecified atom stereocenters. The smallest absolute Gasteiger partial charge is 0.123 e. The Balaban J connectivity index is 2.08. The van der Waals surface area contributed by atoms with Gasteiger partial charge in [0.2, 0.25) is 0 Å². The highest BCUT2D eigenvalue weighted by Crippen LogP contribution is 2.26. The largest absolute Gasteiger partial charge is 0.387 e. The number of likely N-dealkylation sites (N-methyl/N-ethyl adjacent to an activating group) is 1. The van der Waals surface area contributed by atoms with Gasteiger partial charge in [-0.25, -0.2) is 4.98 Å². The van der Waals surface area contributed by atoms with Crippen molar-refractivity contribution in [2.75, 3.05) is 26.7 Å². The van der Waals surface area contributed by atoms with E-state index in [9.17, 15) is 5.11 Å². The highest BCUT2D eigenvalue weighted by atomic mass is 32.1. The summed E-state index contributed by atoms with van der Waals surface area (Å²) >= 11 is 1.56. The fourth-order valence-corrected chi connectivity index (χ4v) is 2.51. The van der Waals surface area contributed by atoms with E-state index in [1.807, 2.05) is 5.38 Å². The molecular weight excluding hydrogens is 212 g/mol. The second-order valence-corrected chi connectivity index (χ2v) is 4.80. The average Bonchev–Trinajstić information content (AvgIpc) is 2.66. The van der Waals surface area contributed by atoms with Crippen LogP contribution in [0.5, 0.6) is 0 Å². The number of hydrogen-bond acceptors (Lipinski definition) is 5. The molecule has 5 heteroatoms. The molecule has 2 atom stereocenters. The Kier molecular flexibility index (Phi) is 3.35. The lowest BCUT2D eigenvalue weighted by Gasteiger charge is -2.28. The van der Waals surface area contributed by atoms with E-state index in [2.05, 4.69) is 16.9 Å². The molecular formula is C10H16N2O2S. The molecule has 84 valence electrons. The van der Waals surface area contributed by atoms with Crippen LogP contribution < -0.4 is 0 Å². The summed E-state index contributed by atoms with van der Waals surface area (Å²) < 4.78 is 5.65. The zero-order valence-electron chi connectivity index (χ0n) is 9.01. The van der Waals surface area contributed by atoms with Crippen LogP contribution in [0.3, 0.4) is 0 Å². The van der Waals surface area contributed by atoms with Gasteiger partial charge in [0.05, 0.1) is 18.4 Å². The van der Waals surface area contributed by atoms with E-state index in [0.29, 0.717) is 0 Å². The minimum atomic E-state index is -0.490. The van der Waals surface area contributed by atoms with Crippen LogP contribution in [0.15, 0.2) is 5.38 Å². The number of hydrogen-bond donors (Lipinski definition) is 1. The van der Waals surface area contributed by atoms with Gasteiger partial charge in [-0.15, -0.1) is 11.3 Å². The number of nitrogens with zero attached hydrogens (tertiary/aromatic N) is 2. The molecule has 1 aliphatic rings. The van der Waals surface area contributed by atoms with Crippen LogP contribution in [0, 0.1) is 0 Å². The Morgan fingerprint density at radius 2 is 2.53 bits per heavy atom. The predicted octanol–water partition coefficient (Wildman–Crippen LogP) is 1.20. The van der Waals surface area contributed by atoms with Crippen molar-refractivity contribution in [2.24, 2.45) is 0 Å². The van der Waals surface area contributed by atoms with Crippen molar-refractivity contribution in [2.45, 2.75) is 19.1 Å². The normalized spacial score (nSPS) is 25.4. The number of aliphatic hydroxyl groups is 1. The van der Waals surface area contributed by atoms with Gasteiger partial charge in [-0.1, -0.05) is 0 Å². The molecule has 0 aliphatic carbocycles. The summed E-state index contributed by atoms with van der Waals surface area (Å²) in [6.07, 6.45) is -0.419. The van der Waals surface area contributed by atoms with Gasteiger partial charge in [0, 0.05) is 18.5 Å². The van der Waals surface area contributed by atoms with Crippen molar-refractivity contribution in [1.82, 2.24) is 9.88 Å². The third-order valence-corrected chi connectivity index (χ3v) is 3.47. The van der Waals surface area contributed by atoms with E-state index >= 15 is 0 Å². The fraction of sp³-hybridized carbons (Fsp3) is 0.700. The Hall–Kier alpha value is -0.490. The first-order chi connectivity index (χ1) is 7.16. The summed E-state index contributed by atoms with van der Waals surface area (Å²) in [5.41, 5.74) is 0.742. The number of rotatable bonds is 2. The first-order valence-electron chi connectivity index (χ1n) is 5.10. The number of ether oxygens (including phenoxy) is 1. The van der Waals surface area contributed by atoms with Gasteiger partial charge in [-0.2, -0.15) is 0 Å². The van der Waals surface area contributed by atoms with Crippen LogP contribution in [0.25, 0.3) is 0 Å². The molecule has 1 aliphatic heterocycles. The number of morpholine rings is 1. The van der Waals surface area contributed by atoms with Crippen molar-refractivity contribution in [3.8, 4) is 0 Å². The third-order valence-electron chi connectivity index (χ3n) is 2.51. The Labute approximate surface area is 93.5 Å². The van der Waals surface area contributed by atoms with Gasteiger partial charge >= 0.3 is 0 Å². The summed E-state index contributed by atoms with van der Waals surface area (Å²) in [6.45, 7) is 4.34. The molecule has 1 fully saturated rings. The molecule has 0 radical (unpaired) electrons. The van der Waals surface area contributed by atoms with Crippen LogP contribution in [0.2, 0.25) is 0 Å².